The second-order valence-electron chi connectivity index (χ2n) is 5.38. The number of aliphatic hydroxyl groups is 1. The van der Waals surface area contributed by atoms with Gasteiger partial charge in [-0.3, -0.25) is 0 Å². The summed E-state index contributed by atoms with van der Waals surface area (Å²) in [5, 5.41) is 9.29. The van der Waals surface area contributed by atoms with Gasteiger partial charge in [-0.05, 0) is 12.8 Å². The molecular formula is C12H28O2Si. The molecule has 0 aromatic heterocycles. The first-order valence-corrected chi connectivity index (χ1v) is 9.44. The third-order valence-electron chi connectivity index (χ3n) is 3.45. The van der Waals surface area contributed by atoms with Crippen molar-refractivity contribution in [1.29, 1.82) is 0 Å². The average molecular weight is 232 g/mol. The molecule has 0 fully saturated rings. The minimum atomic E-state index is -1.01. The first kappa shape index (κ1) is 15.1. The van der Waals surface area contributed by atoms with Crippen molar-refractivity contribution in [2.24, 2.45) is 0 Å². The lowest BCUT2D eigenvalue weighted by molar-refractivity contribution is 0.0353. The molecule has 0 aromatic carbocycles. The Kier molecular flexibility index (Phi) is 7.48. The van der Waals surface area contributed by atoms with E-state index in [9.17, 15) is 5.11 Å². The van der Waals surface area contributed by atoms with Gasteiger partial charge in [0.25, 0.3) is 0 Å². The summed E-state index contributed by atoms with van der Waals surface area (Å²) < 4.78 is 5.43. The van der Waals surface area contributed by atoms with Crippen molar-refractivity contribution in [3.63, 3.8) is 0 Å². The second-order valence-corrected chi connectivity index (χ2v) is 11.0. The van der Waals surface area contributed by atoms with Crippen molar-refractivity contribution in [3.05, 3.63) is 0 Å². The van der Waals surface area contributed by atoms with Gasteiger partial charge in [-0.2, -0.15) is 0 Å². The zero-order valence-electron chi connectivity index (χ0n) is 11.0. The fraction of sp³-hybridized carbons (Fsp3) is 1.00. The topological polar surface area (TPSA) is 29.5 Å². The van der Waals surface area contributed by atoms with E-state index in [1.807, 2.05) is 6.92 Å². The van der Waals surface area contributed by atoms with Gasteiger partial charge >= 0.3 is 0 Å². The summed E-state index contributed by atoms with van der Waals surface area (Å²) in [7, 11) is -1.01. The molecule has 3 heteroatoms. The van der Waals surface area contributed by atoms with Crippen LogP contribution in [0, 0.1) is 0 Å². The predicted octanol–water partition coefficient (Wildman–Crippen LogP) is 3.28. The van der Waals surface area contributed by atoms with Gasteiger partial charge in [0.1, 0.15) is 0 Å². The Hall–Kier alpha value is 0.137. The van der Waals surface area contributed by atoms with Crippen LogP contribution in [0.15, 0.2) is 0 Å². The molecule has 0 saturated carbocycles. The van der Waals surface area contributed by atoms with Crippen LogP contribution in [0.2, 0.25) is 24.7 Å². The van der Waals surface area contributed by atoms with Crippen molar-refractivity contribution in [2.75, 3.05) is 13.2 Å². The molecule has 1 N–H and O–H groups in total. The Bertz CT molecular complexity index is 158. The molecule has 0 rings (SSSR count). The minimum Gasteiger partial charge on any atom is -0.391 e. The molecule has 0 aromatic rings. The Morgan fingerprint density at radius 1 is 1.27 bits per heavy atom. The fourth-order valence-electron chi connectivity index (χ4n) is 1.26. The maximum Gasteiger partial charge on any atom is 0.0771 e. The second kappa shape index (κ2) is 7.42. The fourth-order valence-corrected chi connectivity index (χ4v) is 2.89. The molecule has 2 nitrogen and oxygen atoms in total. The number of hydrogen-bond acceptors (Lipinski definition) is 2. The maximum atomic E-state index is 9.29. The van der Waals surface area contributed by atoms with Crippen molar-refractivity contribution in [2.45, 2.75) is 64.4 Å². The highest BCUT2D eigenvalue weighted by molar-refractivity contribution is 6.78. The lowest BCUT2D eigenvalue weighted by Gasteiger charge is -2.26. The van der Waals surface area contributed by atoms with E-state index in [2.05, 4.69) is 26.9 Å². The van der Waals surface area contributed by atoms with Crippen LogP contribution in [-0.4, -0.2) is 32.5 Å². The molecule has 15 heavy (non-hydrogen) atoms. The molecule has 92 valence electrons. The van der Waals surface area contributed by atoms with E-state index < -0.39 is 8.07 Å². The van der Waals surface area contributed by atoms with E-state index in [4.69, 9.17) is 4.74 Å². The summed E-state index contributed by atoms with van der Waals surface area (Å²) in [6, 6.07) is 1.33. The van der Waals surface area contributed by atoms with Crippen LogP contribution >= 0.6 is 0 Å². The summed E-state index contributed by atoms with van der Waals surface area (Å²) in [5.74, 6) is 0. The van der Waals surface area contributed by atoms with Gasteiger partial charge in [-0.25, -0.2) is 0 Å². The maximum absolute atomic E-state index is 9.29. The van der Waals surface area contributed by atoms with Crippen LogP contribution in [0.1, 0.15) is 33.6 Å². The van der Waals surface area contributed by atoms with Gasteiger partial charge in [0.05, 0.1) is 12.7 Å². The van der Waals surface area contributed by atoms with Crippen molar-refractivity contribution < 1.29 is 9.84 Å². The van der Waals surface area contributed by atoms with Crippen LogP contribution in [-0.2, 0) is 4.74 Å². The highest BCUT2D eigenvalue weighted by Crippen LogP contribution is 2.25. The summed E-state index contributed by atoms with van der Waals surface area (Å²) >= 11 is 0. The summed E-state index contributed by atoms with van der Waals surface area (Å²) in [6.07, 6.45) is 1.65. The predicted molar refractivity (Wildman–Crippen MR) is 69.1 cm³/mol. The number of hydrogen-bond donors (Lipinski definition) is 1. The summed E-state index contributed by atoms with van der Waals surface area (Å²) in [4.78, 5) is 0. The third-order valence-corrected chi connectivity index (χ3v) is 8.22. The average Bonchev–Trinajstić information content (AvgIpc) is 2.16. The molecule has 0 amide bonds. The van der Waals surface area contributed by atoms with E-state index >= 15 is 0 Å². The third kappa shape index (κ3) is 7.09. The molecule has 0 aliphatic heterocycles. The standard InChI is InChI=1S/C12H28O2Si/c1-6-12(13)10-14-8-7-9-15(4,5)11(2)3/h11-13H,6-10H2,1-5H3. The van der Waals surface area contributed by atoms with Crippen molar-refractivity contribution in [1.82, 2.24) is 0 Å². The first-order chi connectivity index (χ1) is 6.90. The van der Waals surface area contributed by atoms with Gasteiger partial charge in [0, 0.05) is 14.7 Å². The van der Waals surface area contributed by atoms with Crippen molar-refractivity contribution >= 4 is 8.07 Å². The van der Waals surface area contributed by atoms with E-state index in [0.29, 0.717) is 6.61 Å². The van der Waals surface area contributed by atoms with E-state index in [1.54, 1.807) is 0 Å². The van der Waals surface area contributed by atoms with Crippen LogP contribution < -0.4 is 0 Å². The van der Waals surface area contributed by atoms with Gasteiger partial charge in [-0.15, -0.1) is 0 Å². The molecule has 1 unspecified atom stereocenters. The van der Waals surface area contributed by atoms with Crippen molar-refractivity contribution in [3.8, 4) is 0 Å². The summed E-state index contributed by atoms with van der Waals surface area (Å²) in [5.41, 5.74) is 0.846. The number of rotatable bonds is 8. The Morgan fingerprint density at radius 2 is 1.87 bits per heavy atom. The zero-order chi connectivity index (χ0) is 11.9. The highest BCUT2D eigenvalue weighted by Gasteiger charge is 2.23. The Morgan fingerprint density at radius 3 is 2.33 bits per heavy atom. The van der Waals surface area contributed by atoms with E-state index in [1.165, 1.54) is 6.04 Å². The van der Waals surface area contributed by atoms with Crippen LogP contribution in [0.3, 0.4) is 0 Å². The van der Waals surface area contributed by atoms with E-state index in [0.717, 1.165) is 25.0 Å². The number of ether oxygens (including phenoxy) is 1. The molecule has 0 bridgehead atoms. The zero-order valence-corrected chi connectivity index (χ0v) is 12.0. The molecule has 0 heterocycles. The lowest BCUT2D eigenvalue weighted by atomic mass is 10.3. The van der Waals surface area contributed by atoms with Crippen LogP contribution in [0.5, 0.6) is 0 Å². The molecule has 0 radical (unpaired) electrons. The lowest BCUT2D eigenvalue weighted by Crippen LogP contribution is -2.29. The molecule has 0 aliphatic carbocycles. The molecular weight excluding hydrogens is 204 g/mol. The van der Waals surface area contributed by atoms with Gasteiger partial charge in [-0.1, -0.05) is 45.5 Å². The first-order valence-electron chi connectivity index (χ1n) is 6.16. The molecule has 0 aliphatic rings. The minimum absolute atomic E-state index is 0.277. The monoisotopic (exact) mass is 232 g/mol. The molecule has 0 spiro atoms. The van der Waals surface area contributed by atoms with Crippen LogP contribution in [0.4, 0.5) is 0 Å². The van der Waals surface area contributed by atoms with Gasteiger partial charge in [0.15, 0.2) is 0 Å². The van der Waals surface area contributed by atoms with Gasteiger partial charge < -0.3 is 9.84 Å². The number of aliphatic hydroxyl groups excluding tert-OH is 1. The smallest absolute Gasteiger partial charge is 0.0771 e. The SMILES string of the molecule is CCC(O)COCCC[Si](C)(C)C(C)C. The quantitative estimate of drug-likeness (QED) is 0.514. The normalized spacial score (nSPS) is 14.6. The Balaban J connectivity index is 3.46. The largest absolute Gasteiger partial charge is 0.391 e. The van der Waals surface area contributed by atoms with Gasteiger partial charge in [0.2, 0.25) is 0 Å². The Labute approximate surface area is 96.0 Å². The highest BCUT2D eigenvalue weighted by atomic mass is 28.3. The van der Waals surface area contributed by atoms with Crippen LogP contribution in [0.25, 0.3) is 0 Å². The summed E-state index contributed by atoms with van der Waals surface area (Å²) in [6.45, 7) is 12.8. The molecule has 0 saturated heterocycles. The van der Waals surface area contributed by atoms with E-state index in [-0.39, 0.29) is 6.10 Å². The molecule has 1 atom stereocenters.